The molecule has 6 heteroatoms. The summed E-state index contributed by atoms with van der Waals surface area (Å²) in [4.78, 5) is 15.4. The van der Waals surface area contributed by atoms with Gasteiger partial charge in [0, 0.05) is 21.8 Å². The Kier molecular flexibility index (Phi) is 4.66. The Morgan fingerprint density at radius 1 is 1.53 bits per heavy atom. The van der Waals surface area contributed by atoms with Crippen LogP contribution < -0.4 is 0 Å². The van der Waals surface area contributed by atoms with Gasteiger partial charge in [-0.1, -0.05) is 15.9 Å². The van der Waals surface area contributed by atoms with E-state index in [1.54, 1.807) is 12.1 Å². The molecule has 0 spiro atoms. The van der Waals surface area contributed by atoms with Gasteiger partial charge in [-0.25, -0.2) is 9.37 Å². The summed E-state index contributed by atoms with van der Waals surface area (Å²) in [5, 5.41) is 2.45. The van der Waals surface area contributed by atoms with Gasteiger partial charge in [-0.15, -0.1) is 11.3 Å². The zero-order valence-corrected chi connectivity index (χ0v) is 12.6. The molecule has 1 aromatic heterocycles. The van der Waals surface area contributed by atoms with E-state index < -0.39 is 0 Å². The molecule has 0 aliphatic heterocycles. The van der Waals surface area contributed by atoms with E-state index >= 15 is 0 Å². The number of hydrogen-bond acceptors (Lipinski definition) is 4. The predicted molar refractivity (Wildman–Crippen MR) is 75.5 cm³/mol. The number of nitrogens with zero attached hydrogens (tertiary/aromatic N) is 1. The number of methoxy groups -OCH3 is 1. The van der Waals surface area contributed by atoms with E-state index in [1.807, 2.05) is 5.38 Å². The van der Waals surface area contributed by atoms with E-state index in [0.717, 1.165) is 5.69 Å². The number of aryl methyl sites for hydroxylation is 1. The van der Waals surface area contributed by atoms with Crippen molar-refractivity contribution in [1.29, 1.82) is 0 Å². The van der Waals surface area contributed by atoms with Crippen molar-refractivity contribution in [1.82, 2.24) is 4.98 Å². The number of benzene rings is 1. The smallest absolute Gasteiger partial charge is 0.305 e. The average molecular weight is 344 g/mol. The first-order chi connectivity index (χ1) is 9.10. The van der Waals surface area contributed by atoms with Crippen molar-refractivity contribution in [2.75, 3.05) is 7.11 Å². The van der Waals surface area contributed by atoms with Gasteiger partial charge in [0.2, 0.25) is 0 Å². The lowest BCUT2D eigenvalue weighted by atomic mass is 10.2. The number of ether oxygens (including phenoxy) is 1. The third kappa shape index (κ3) is 3.61. The van der Waals surface area contributed by atoms with Gasteiger partial charge in [0.1, 0.15) is 10.8 Å². The SMILES string of the molecule is COC(=O)CCc1csc(-c2ccc(Br)cc2F)n1. The second-order valence-corrected chi connectivity index (χ2v) is 5.62. The second-order valence-electron chi connectivity index (χ2n) is 3.84. The number of carbonyl (C=O) groups excluding carboxylic acids is 1. The molecule has 0 aliphatic carbocycles. The Morgan fingerprint density at radius 3 is 3.00 bits per heavy atom. The van der Waals surface area contributed by atoms with Gasteiger partial charge in [0.15, 0.2) is 0 Å². The van der Waals surface area contributed by atoms with Crippen LogP contribution in [0.3, 0.4) is 0 Å². The Morgan fingerprint density at radius 2 is 2.32 bits per heavy atom. The molecular weight excluding hydrogens is 333 g/mol. The summed E-state index contributed by atoms with van der Waals surface area (Å²) in [5.74, 6) is -0.590. The first-order valence-corrected chi connectivity index (χ1v) is 7.24. The lowest BCUT2D eigenvalue weighted by Gasteiger charge is -1.99. The summed E-state index contributed by atoms with van der Waals surface area (Å²) in [7, 11) is 1.35. The van der Waals surface area contributed by atoms with E-state index in [-0.39, 0.29) is 18.2 Å². The highest BCUT2D eigenvalue weighted by Gasteiger charge is 2.11. The lowest BCUT2D eigenvalue weighted by molar-refractivity contribution is -0.140. The molecule has 100 valence electrons. The number of rotatable bonds is 4. The number of carbonyl (C=O) groups is 1. The molecule has 0 aliphatic rings. The second kappa shape index (κ2) is 6.25. The van der Waals surface area contributed by atoms with E-state index in [0.29, 0.717) is 21.5 Å². The van der Waals surface area contributed by atoms with Crippen LogP contribution in [-0.4, -0.2) is 18.1 Å². The van der Waals surface area contributed by atoms with Crippen LogP contribution in [0.15, 0.2) is 28.1 Å². The molecule has 0 fully saturated rings. The molecule has 0 unspecified atom stereocenters. The molecule has 0 saturated carbocycles. The first kappa shape index (κ1) is 14.1. The van der Waals surface area contributed by atoms with Crippen molar-refractivity contribution in [3.05, 3.63) is 39.6 Å². The minimum absolute atomic E-state index is 0.274. The van der Waals surface area contributed by atoms with Crippen molar-refractivity contribution >= 4 is 33.2 Å². The third-order valence-electron chi connectivity index (χ3n) is 2.53. The molecule has 1 aromatic carbocycles. The van der Waals surface area contributed by atoms with Gasteiger partial charge in [-0.05, 0) is 18.2 Å². The molecule has 0 atom stereocenters. The number of halogens is 2. The maximum atomic E-state index is 13.8. The molecule has 0 radical (unpaired) electrons. The molecular formula is C13H11BrFNO2S. The van der Waals surface area contributed by atoms with Crippen molar-refractivity contribution in [2.24, 2.45) is 0 Å². The van der Waals surface area contributed by atoms with Crippen LogP contribution in [-0.2, 0) is 16.0 Å². The van der Waals surface area contributed by atoms with Crippen LogP contribution in [0.5, 0.6) is 0 Å². The van der Waals surface area contributed by atoms with E-state index in [1.165, 1.54) is 24.5 Å². The molecule has 3 nitrogen and oxygen atoms in total. The molecule has 1 heterocycles. The molecule has 19 heavy (non-hydrogen) atoms. The maximum Gasteiger partial charge on any atom is 0.305 e. The minimum Gasteiger partial charge on any atom is -0.469 e. The summed E-state index contributed by atoms with van der Waals surface area (Å²) in [6.07, 6.45) is 0.782. The zero-order valence-electron chi connectivity index (χ0n) is 10.2. The topological polar surface area (TPSA) is 39.2 Å². The van der Waals surface area contributed by atoms with Gasteiger partial charge in [-0.3, -0.25) is 4.79 Å². The lowest BCUT2D eigenvalue weighted by Crippen LogP contribution is -2.01. The summed E-state index contributed by atoms with van der Waals surface area (Å²) < 4.78 is 19.0. The van der Waals surface area contributed by atoms with Crippen molar-refractivity contribution in [2.45, 2.75) is 12.8 Å². The summed E-state index contributed by atoms with van der Waals surface area (Å²) >= 11 is 4.58. The third-order valence-corrected chi connectivity index (χ3v) is 3.94. The summed E-state index contributed by atoms with van der Waals surface area (Å²) in [5.41, 5.74) is 1.24. The highest BCUT2D eigenvalue weighted by atomic mass is 79.9. The van der Waals surface area contributed by atoms with Gasteiger partial charge in [0.05, 0.1) is 19.2 Å². The standard InChI is InChI=1S/C13H11BrFNO2S/c1-18-12(17)5-3-9-7-19-13(16-9)10-4-2-8(14)6-11(10)15/h2,4,6-7H,3,5H2,1H3. The van der Waals surface area contributed by atoms with Crippen LogP contribution in [0.4, 0.5) is 4.39 Å². The first-order valence-electron chi connectivity index (χ1n) is 5.57. The van der Waals surface area contributed by atoms with Gasteiger partial charge >= 0.3 is 5.97 Å². The molecule has 0 N–H and O–H groups in total. The van der Waals surface area contributed by atoms with Crippen LogP contribution in [0, 0.1) is 5.82 Å². The maximum absolute atomic E-state index is 13.8. The number of esters is 1. The van der Waals surface area contributed by atoms with Crippen LogP contribution >= 0.6 is 27.3 Å². The van der Waals surface area contributed by atoms with Crippen LogP contribution in [0.1, 0.15) is 12.1 Å². The highest BCUT2D eigenvalue weighted by Crippen LogP contribution is 2.28. The largest absolute Gasteiger partial charge is 0.469 e. The zero-order chi connectivity index (χ0) is 13.8. The molecule has 2 aromatic rings. The van der Waals surface area contributed by atoms with Gasteiger partial charge in [-0.2, -0.15) is 0 Å². The minimum atomic E-state index is -0.316. The van der Waals surface area contributed by atoms with Crippen LogP contribution in [0.25, 0.3) is 10.6 Å². The van der Waals surface area contributed by atoms with Gasteiger partial charge in [0.25, 0.3) is 0 Å². The Bertz CT molecular complexity index is 600. The molecule has 0 amide bonds. The molecule has 2 rings (SSSR count). The van der Waals surface area contributed by atoms with E-state index in [9.17, 15) is 9.18 Å². The average Bonchev–Trinajstić information content (AvgIpc) is 2.84. The molecule has 0 saturated heterocycles. The number of thiazole rings is 1. The Labute approximate surface area is 122 Å². The number of aromatic nitrogens is 1. The quantitative estimate of drug-likeness (QED) is 0.792. The van der Waals surface area contributed by atoms with Gasteiger partial charge < -0.3 is 4.74 Å². The fraction of sp³-hybridized carbons (Fsp3) is 0.231. The van der Waals surface area contributed by atoms with Crippen LogP contribution in [0.2, 0.25) is 0 Å². The fourth-order valence-electron chi connectivity index (χ4n) is 1.54. The van der Waals surface area contributed by atoms with E-state index in [2.05, 4.69) is 25.7 Å². The normalized spacial score (nSPS) is 10.5. The summed E-state index contributed by atoms with van der Waals surface area (Å²) in [6.45, 7) is 0. The fourth-order valence-corrected chi connectivity index (χ4v) is 2.75. The van der Waals surface area contributed by atoms with Crippen molar-refractivity contribution in [3.63, 3.8) is 0 Å². The molecule has 0 bridgehead atoms. The monoisotopic (exact) mass is 343 g/mol. The highest BCUT2D eigenvalue weighted by molar-refractivity contribution is 9.10. The number of hydrogen-bond donors (Lipinski definition) is 0. The van der Waals surface area contributed by atoms with Crippen molar-refractivity contribution < 1.29 is 13.9 Å². The Balaban J connectivity index is 2.14. The van der Waals surface area contributed by atoms with Crippen molar-refractivity contribution in [3.8, 4) is 10.6 Å². The predicted octanol–water partition coefficient (Wildman–Crippen LogP) is 3.82. The Hall–Kier alpha value is -1.27. The summed E-state index contributed by atoms with van der Waals surface area (Å²) in [6, 6.07) is 4.86. The van der Waals surface area contributed by atoms with E-state index in [4.69, 9.17) is 0 Å².